The maximum atomic E-state index is 13.9. The first-order chi connectivity index (χ1) is 17.1. The summed E-state index contributed by atoms with van der Waals surface area (Å²) in [5.41, 5.74) is 1.99. The van der Waals surface area contributed by atoms with Gasteiger partial charge in [0, 0.05) is 28.1 Å². The summed E-state index contributed by atoms with van der Waals surface area (Å²) in [4.78, 5) is 34.7. The zero-order valence-electron chi connectivity index (χ0n) is 19.3. The van der Waals surface area contributed by atoms with Crippen molar-refractivity contribution in [2.45, 2.75) is 44.3 Å². The van der Waals surface area contributed by atoms with Crippen molar-refractivity contribution >= 4 is 34.1 Å². The van der Waals surface area contributed by atoms with Gasteiger partial charge >= 0.3 is 0 Å². The molecule has 2 aromatic heterocycles. The Bertz CT molecular complexity index is 1320. The average molecular weight is 486 g/mol. The second-order valence-electron chi connectivity index (χ2n) is 8.91. The van der Waals surface area contributed by atoms with Gasteiger partial charge in [0.1, 0.15) is 11.8 Å². The molecule has 1 saturated carbocycles. The van der Waals surface area contributed by atoms with Crippen molar-refractivity contribution in [3.05, 3.63) is 94.3 Å². The number of nitrogens with zero attached hydrogens (tertiary/aromatic N) is 2. The van der Waals surface area contributed by atoms with Gasteiger partial charge in [0.05, 0.1) is 12.1 Å². The molecule has 2 aromatic carbocycles. The van der Waals surface area contributed by atoms with Crippen molar-refractivity contribution in [2.75, 3.05) is 0 Å². The van der Waals surface area contributed by atoms with Gasteiger partial charge in [0.2, 0.25) is 5.91 Å². The van der Waals surface area contributed by atoms with Crippen LogP contribution in [0.4, 0.5) is 0 Å². The molecule has 6 nitrogen and oxygen atoms in total. The number of nitrogens with one attached hydrogen (secondary N) is 1. The molecule has 5 rings (SSSR count). The van der Waals surface area contributed by atoms with Crippen LogP contribution in [0, 0.1) is 0 Å². The summed E-state index contributed by atoms with van der Waals surface area (Å²) in [6.07, 6.45) is 5.85. The Balaban J connectivity index is 1.58. The Kier molecular flexibility index (Phi) is 6.77. The molecule has 35 heavy (non-hydrogen) atoms. The minimum Gasteiger partial charge on any atom is -0.508 e. The molecule has 1 unspecified atom stereocenters. The van der Waals surface area contributed by atoms with Gasteiger partial charge in [0.25, 0.3) is 5.91 Å². The maximum absolute atomic E-state index is 13.9. The van der Waals surface area contributed by atoms with E-state index >= 15 is 0 Å². The van der Waals surface area contributed by atoms with Gasteiger partial charge in [-0.15, -0.1) is 11.3 Å². The predicted octanol–water partition coefficient (Wildman–Crippen LogP) is 5.44. The van der Waals surface area contributed by atoms with Crippen LogP contribution in [0.2, 0.25) is 0 Å². The molecule has 0 aliphatic heterocycles. The number of pyridine rings is 1. The standard InChI is InChI=1S/C28H27N3O3S/c32-23-12-9-19(10-13-23)28(34)31(18-24-8-4-16-35-24)26(27(33)30-22-6-1-2-7-22)21-11-14-25-20(17-21)5-3-15-29-25/h3-5,8-17,22,26,32H,1-2,6-7,18H2,(H,30,33). The molecule has 4 aromatic rings. The molecule has 0 bridgehead atoms. The van der Waals surface area contributed by atoms with E-state index in [1.807, 2.05) is 47.8 Å². The van der Waals surface area contributed by atoms with Crippen LogP contribution in [-0.4, -0.2) is 32.8 Å². The number of phenolic OH excluding ortho intramolecular Hbond substituents is 1. The van der Waals surface area contributed by atoms with E-state index in [0.29, 0.717) is 12.1 Å². The highest BCUT2D eigenvalue weighted by molar-refractivity contribution is 7.09. The summed E-state index contributed by atoms with van der Waals surface area (Å²) in [5.74, 6) is -0.357. The highest BCUT2D eigenvalue weighted by Crippen LogP contribution is 2.30. The highest BCUT2D eigenvalue weighted by Gasteiger charge is 2.34. The van der Waals surface area contributed by atoms with E-state index in [-0.39, 0.29) is 23.6 Å². The average Bonchev–Trinajstić information content (AvgIpc) is 3.58. The number of hydrogen-bond acceptors (Lipinski definition) is 5. The fourth-order valence-electron chi connectivity index (χ4n) is 4.71. The molecule has 0 spiro atoms. The lowest BCUT2D eigenvalue weighted by Gasteiger charge is -2.32. The van der Waals surface area contributed by atoms with Crippen molar-refractivity contribution in [1.29, 1.82) is 0 Å². The van der Waals surface area contributed by atoms with E-state index in [2.05, 4.69) is 10.3 Å². The van der Waals surface area contributed by atoms with E-state index in [0.717, 1.165) is 47.0 Å². The van der Waals surface area contributed by atoms with Crippen LogP contribution in [0.25, 0.3) is 10.9 Å². The van der Waals surface area contributed by atoms with Crippen molar-refractivity contribution in [3.63, 3.8) is 0 Å². The Hall–Kier alpha value is -3.71. The lowest BCUT2D eigenvalue weighted by Crippen LogP contribution is -2.45. The molecule has 1 atom stereocenters. The molecule has 178 valence electrons. The Labute approximate surface area is 208 Å². The van der Waals surface area contributed by atoms with Crippen LogP contribution >= 0.6 is 11.3 Å². The van der Waals surface area contributed by atoms with Crippen molar-refractivity contribution in [2.24, 2.45) is 0 Å². The van der Waals surface area contributed by atoms with E-state index in [4.69, 9.17) is 0 Å². The molecule has 2 N–H and O–H groups in total. The van der Waals surface area contributed by atoms with Crippen LogP contribution in [0.5, 0.6) is 5.75 Å². The molecule has 7 heteroatoms. The first kappa shape index (κ1) is 23.1. The zero-order valence-corrected chi connectivity index (χ0v) is 20.1. The lowest BCUT2D eigenvalue weighted by atomic mass is 10.00. The number of amides is 2. The number of fused-ring (bicyclic) bond motifs is 1. The summed E-state index contributed by atoms with van der Waals surface area (Å²) < 4.78 is 0. The number of carbonyl (C=O) groups is 2. The minimum absolute atomic E-state index is 0.0870. The number of aromatic hydroxyl groups is 1. The third-order valence-electron chi connectivity index (χ3n) is 6.49. The number of thiophene rings is 1. The molecule has 2 amide bonds. The summed E-state index contributed by atoms with van der Waals surface area (Å²) >= 11 is 1.55. The quantitative estimate of drug-likeness (QED) is 0.365. The molecule has 1 aliphatic rings. The van der Waals surface area contributed by atoms with Crippen LogP contribution in [0.3, 0.4) is 0 Å². The van der Waals surface area contributed by atoms with Gasteiger partial charge in [-0.05, 0) is 72.3 Å². The molecule has 0 radical (unpaired) electrons. The molecular weight excluding hydrogens is 458 g/mol. The SMILES string of the molecule is O=C(NC1CCCC1)C(c1ccc2ncccc2c1)N(Cc1cccs1)C(=O)c1ccc(O)cc1. The fraction of sp³-hybridized carbons (Fsp3) is 0.250. The lowest BCUT2D eigenvalue weighted by molar-refractivity contribution is -0.126. The third kappa shape index (κ3) is 5.20. The van der Waals surface area contributed by atoms with Crippen LogP contribution < -0.4 is 5.32 Å². The monoisotopic (exact) mass is 485 g/mol. The first-order valence-corrected chi connectivity index (χ1v) is 12.7. The van der Waals surface area contributed by atoms with Crippen LogP contribution in [-0.2, 0) is 11.3 Å². The number of carbonyl (C=O) groups excluding carboxylic acids is 2. The summed E-state index contributed by atoms with van der Waals surface area (Å²) in [7, 11) is 0. The summed E-state index contributed by atoms with van der Waals surface area (Å²) in [5, 5.41) is 15.8. The van der Waals surface area contributed by atoms with Crippen molar-refractivity contribution in [1.82, 2.24) is 15.2 Å². The van der Waals surface area contributed by atoms with E-state index in [1.165, 1.54) is 12.1 Å². The van der Waals surface area contributed by atoms with E-state index in [9.17, 15) is 14.7 Å². The van der Waals surface area contributed by atoms with Gasteiger partial charge in [-0.3, -0.25) is 14.6 Å². The Morgan fingerprint density at radius 2 is 1.86 bits per heavy atom. The maximum Gasteiger partial charge on any atom is 0.255 e. The highest BCUT2D eigenvalue weighted by atomic mass is 32.1. The predicted molar refractivity (Wildman–Crippen MR) is 137 cm³/mol. The second kappa shape index (κ2) is 10.3. The minimum atomic E-state index is -0.816. The molecule has 1 fully saturated rings. The molecule has 2 heterocycles. The topological polar surface area (TPSA) is 82.5 Å². The molecular formula is C28H27N3O3S. The number of rotatable bonds is 7. The molecule has 1 aliphatic carbocycles. The van der Waals surface area contributed by atoms with Gasteiger partial charge in [-0.25, -0.2) is 0 Å². The number of phenols is 1. The van der Waals surface area contributed by atoms with Gasteiger partial charge in [-0.1, -0.05) is 31.0 Å². The second-order valence-corrected chi connectivity index (χ2v) is 9.94. The number of aromatic nitrogens is 1. The number of benzene rings is 2. The normalized spacial score (nSPS) is 14.6. The van der Waals surface area contributed by atoms with Crippen molar-refractivity contribution in [3.8, 4) is 5.75 Å². The van der Waals surface area contributed by atoms with Gasteiger partial charge < -0.3 is 15.3 Å². The molecule has 0 saturated heterocycles. The third-order valence-corrected chi connectivity index (χ3v) is 7.35. The summed E-state index contributed by atoms with van der Waals surface area (Å²) in [6, 6.07) is 19.0. The first-order valence-electron chi connectivity index (χ1n) is 11.9. The van der Waals surface area contributed by atoms with Gasteiger partial charge in [-0.2, -0.15) is 0 Å². The smallest absolute Gasteiger partial charge is 0.255 e. The van der Waals surface area contributed by atoms with Crippen LogP contribution in [0.1, 0.15) is 52.5 Å². The van der Waals surface area contributed by atoms with Crippen LogP contribution in [0.15, 0.2) is 78.3 Å². The largest absolute Gasteiger partial charge is 0.508 e. The van der Waals surface area contributed by atoms with Gasteiger partial charge in [0.15, 0.2) is 0 Å². The Morgan fingerprint density at radius 3 is 2.60 bits per heavy atom. The van der Waals surface area contributed by atoms with Crippen molar-refractivity contribution < 1.29 is 14.7 Å². The summed E-state index contributed by atoms with van der Waals surface area (Å²) in [6.45, 7) is 0.297. The zero-order chi connectivity index (χ0) is 24.2. The van der Waals surface area contributed by atoms with E-state index in [1.54, 1.807) is 34.6 Å². The Morgan fingerprint density at radius 1 is 1.06 bits per heavy atom. The fourth-order valence-corrected chi connectivity index (χ4v) is 5.41. The number of hydrogen-bond donors (Lipinski definition) is 2. The van der Waals surface area contributed by atoms with E-state index < -0.39 is 6.04 Å².